The molecule has 1 aromatic carbocycles. The first-order valence-electron chi connectivity index (χ1n) is 8.56. The minimum atomic E-state index is 0.0472. The predicted molar refractivity (Wildman–Crippen MR) is 91.2 cm³/mol. The summed E-state index contributed by atoms with van der Waals surface area (Å²) < 4.78 is 1.80. The average molecular weight is 311 g/mol. The van der Waals surface area contributed by atoms with Crippen LogP contribution < -0.4 is 5.32 Å². The molecule has 0 spiro atoms. The SMILES string of the molecule is CC1CCc2nn(CC(=O)NCCCc3ccccc3)cc2C1. The standard InChI is InChI=1S/C19H25N3O/c1-15-9-10-18-17(12-15)13-22(21-18)14-19(23)20-11-5-8-16-6-3-2-4-7-16/h2-4,6-7,13,15H,5,8-12,14H2,1H3,(H,20,23). The van der Waals surface area contributed by atoms with Crippen LogP contribution in [0.1, 0.15) is 36.6 Å². The van der Waals surface area contributed by atoms with E-state index in [-0.39, 0.29) is 5.91 Å². The highest BCUT2D eigenvalue weighted by molar-refractivity contribution is 5.75. The lowest BCUT2D eigenvalue weighted by atomic mass is 9.89. The first kappa shape index (κ1) is 15.8. The number of carbonyl (C=O) groups excluding carboxylic acids is 1. The monoisotopic (exact) mass is 311 g/mol. The second-order valence-electron chi connectivity index (χ2n) is 6.59. The Hall–Kier alpha value is -2.10. The third-order valence-corrected chi connectivity index (χ3v) is 4.48. The Balaban J connectivity index is 1.41. The zero-order valence-electron chi connectivity index (χ0n) is 13.8. The van der Waals surface area contributed by atoms with Gasteiger partial charge < -0.3 is 5.32 Å². The molecule has 1 heterocycles. The molecule has 0 radical (unpaired) electrons. The van der Waals surface area contributed by atoms with Gasteiger partial charge >= 0.3 is 0 Å². The summed E-state index contributed by atoms with van der Waals surface area (Å²) in [6.07, 6.45) is 7.35. The van der Waals surface area contributed by atoms with Gasteiger partial charge in [-0.2, -0.15) is 5.10 Å². The van der Waals surface area contributed by atoms with Crippen molar-refractivity contribution in [3.8, 4) is 0 Å². The van der Waals surface area contributed by atoms with Crippen LogP contribution in [-0.2, 0) is 30.6 Å². The molecule has 4 nitrogen and oxygen atoms in total. The highest BCUT2D eigenvalue weighted by Crippen LogP contribution is 2.23. The maximum absolute atomic E-state index is 12.0. The van der Waals surface area contributed by atoms with Gasteiger partial charge in [-0.15, -0.1) is 0 Å². The number of hydrogen-bond acceptors (Lipinski definition) is 2. The number of nitrogens with zero attached hydrogens (tertiary/aromatic N) is 2. The van der Waals surface area contributed by atoms with Crippen molar-refractivity contribution in [3.05, 3.63) is 53.3 Å². The summed E-state index contributed by atoms with van der Waals surface area (Å²) in [6, 6.07) is 10.4. The minimum Gasteiger partial charge on any atom is -0.354 e. The molecule has 23 heavy (non-hydrogen) atoms. The molecule has 1 aliphatic rings. The molecule has 0 saturated heterocycles. The summed E-state index contributed by atoms with van der Waals surface area (Å²) in [7, 11) is 0. The lowest BCUT2D eigenvalue weighted by Crippen LogP contribution is -2.28. The van der Waals surface area contributed by atoms with Gasteiger partial charge in [0.05, 0.1) is 5.69 Å². The third-order valence-electron chi connectivity index (χ3n) is 4.48. The molecule has 1 atom stereocenters. The Morgan fingerprint density at radius 2 is 2.17 bits per heavy atom. The Labute approximate surface area is 137 Å². The van der Waals surface area contributed by atoms with Crippen LogP contribution in [0.3, 0.4) is 0 Å². The number of hydrogen-bond donors (Lipinski definition) is 1. The second kappa shape index (κ2) is 7.44. The normalized spacial score (nSPS) is 16.8. The fourth-order valence-corrected chi connectivity index (χ4v) is 3.19. The third kappa shape index (κ3) is 4.44. The zero-order valence-corrected chi connectivity index (χ0v) is 13.8. The summed E-state index contributed by atoms with van der Waals surface area (Å²) in [6.45, 7) is 3.32. The average Bonchev–Trinajstić information content (AvgIpc) is 2.94. The van der Waals surface area contributed by atoms with Crippen molar-refractivity contribution in [2.45, 2.75) is 45.6 Å². The second-order valence-corrected chi connectivity index (χ2v) is 6.59. The van der Waals surface area contributed by atoms with Crippen LogP contribution in [0.4, 0.5) is 0 Å². The van der Waals surface area contributed by atoms with Crippen molar-refractivity contribution < 1.29 is 4.79 Å². The van der Waals surface area contributed by atoms with E-state index in [1.165, 1.54) is 23.2 Å². The molecular formula is C19H25N3O. The lowest BCUT2D eigenvalue weighted by molar-refractivity contribution is -0.121. The topological polar surface area (TPSA) is 46.9 Å². The van der Waals surface area contributed by atoms with E-state index >= 15 is 0 Å². The van der Waals surface area contributed by atoms with Gasteiger partial charge in [-0.25, -0.2) is 0 Å². The number of nitrogens with one attached hydrogen (secondary N) is 1. The molecule has 0 bridgehead atoms. The van der Waals surface area contributed by atoms with E-state index in [1.807, 2.05) is 18.2 Å². The molecule has 122 valence electrons. The molecule has 1 aliphatic carbocycles. The molecule has 1 N–H and O–H groups in total. The molecule has 1 unspecified atom stereocenters. The van der Waals surface area contributed by atoms with Crippen LogP contribution in [0.15, 0.2) is 36.5 Å². The van der Waals surface area contributed by atoms with Crippen molar-refractivity contribution in [2.75, 3.05) is 6.54 Å². The molecule has 0 aliphatic heterocycles. The number of aromatic nitrogens is 2. The molecule has 0 fully saturated rings. The lowest BCUT2D eigenvalue weighted by Gasteiger charge is -2.15. The van der Waals surface area contributed by atoms with Gasteiger partial charge in [-0.3, -0.25) is 9.48 Å². The van der Waals surface area contributed by atoms with Crippen molar-refractivity contribution in [1.29, 1.82) is 0 Å². The summed E-state index contributed by atoms with van der Waals surface area (Å²) in [5.41, 5.74) is 3.82. The maximum Gasteiger partial charge on any atom is 0.241 e. The fraction of sp³-hybridized carbons (Fsp3) is 0.474. The first-order valence-corrected chi connectivity index (χ1v) is 8.56. The number of aryl methyl sites for hydroxylation is 2. The number of benzene rings is 1. The van der Waals surface area contributed by atoms with E-state index in [0.717, 1.165) is 31.6 Å². The van der Waals surface area contributed by atoms with Crippen LogP contribution in [0.25, 0.3) is 0 Å². The van der Waals surface area contributed by atoms with Crippen molar-refractivity contribution in [3.63, 3.8) is 0 Å². The van der Waals surface area contributed by atoms with Crippen LogP contribution >= 0.6 is 0 Å². The molecule has 2 aromatic rings. The van der Waals surface area contributed by atoms with Crippen molar-refractivity contribution in [2.24, 2.45) is 5.92 Å². The van der Waals surface area contributed by atoms with E-state index in [0.29, 0.717) is 13.1 Å². The van der Waals surface area contributed by atoms with Gasteiger partial charge in [0.1, 0.15) is 6.54 Å². The molecular weight excluding hydrogens is 286 g/mol. The highest BCUT2D eigenvalue weighted by atomic mass is 16.2. The molecule has 4 heteroatoms. The van der Waals surface area contributed by atoms with Crippen LogP contribution in [0, 0.1) is 5.92 Å². The summed E-state index contributed by atoms with van der Waals surface area (Å²) in [5, 5.41) is 7.55. The van der Waals surface area contributed by atoms with Gasteiger partial charge in [0.15, 0.2) is 0 Å². The predicted octanol–water partition coefficient (Wildman–Crippen LogP) is 2.76. The Kier molecular flexibility index (Phi) is 5.11. The molecule has 3 rings (SSSR count). The van der Waals surface area contributed by atoms with E-state index < -0.39 is 0 Å². The maximum atomic E-state index is 12.0. The zero-order chi connectivity index (χ0) is 16.1. The van der Waals surface area contributed by atoms with Crippen LogP contribution in [0.5, 0.6) is 0 Å². The van der Waals surface area contributed by atoms with Crippen LogP contribution in [-0.4, -0.2) is 22.2 Å². The Bertz CT molecular complexity index is 648. The van der Waals surface area contributed by atoms with Crippen LogP contribution in [0.2, 0.25) is 0 Å². The number of fused-ring (bicyclic) bond motifs is 1. The van der Waals surface area contributed by atoms with Gasteiger partial charge in [-0.05, 0) is 49.1 Å². The van der Waals surface area contributed by atoms with E-state index in [9.17, 15) is 4.79 Å². The molecule has 0 saturated carbocycles. The fourth-order valence-electron chi connectivity index (χ4n) is 3.19. The summed E-state index contributed by atoms with van der Waals surface area (Å²) in [4.78, 5) is 12.0. The Morgan fingerprint density at radius 1 is 1.35 bits per heavy atom. The number of amides is 1. The summed E-state index contributed by atoms with van der Waals surface area (Å²) in [5.74, 6) is 0.776. The number of carbonyl (C=O) groups is 1. The summed E-state index contributed by atoms with van der Waals surface area (Å²) >= 11 is 0. The minimum absolute atomic E-state index is 0.0472. The van der Waals surface area contributed by atoms with Gasteiger partial charge in [-0.1, -0.05) is 37.3 Å². The highest BCUT2D eigenvalue weighted by Gasteiger charge is 2.18. The Morgan fingerprint density at radius 3 is 3.00 bits per heavy atom. The molecule has 1 amide bonds. The largest absolute Gasteiger partial charge is 0.354 e. The van der Waals surface area contributed by atoms with E-state index in [4.69, 9.17) is 0 Å². The van der Waals surface area contributed by atoms with Gasteiger partial charge in [0.25, 0.3) is 0 Å². The number of rotatable bonds is 6. The van der Waals surface area contributed by atoms with Crippen molar-refractivity contribution >= 4 is 5.91 Å². The first-order chi connectivity index (χ1) is 11.2. The van der Waals surface area contributed by atoms with E-state index in [1.54, 1.807) is 4.68 Å². The van der Waals surface area contributed by atoms with Gasteiger partial charge in [0.2, 0.25) is 5.91 Å². The quantitative estimate of drug-likeness (QED) is 0.834. The smallest absolute Gasteiger partial charge is 0.241 e. The van der Waals surface area contributed by atoms with Gasteiger partial charge in [0, 0.05) is 12.7 Å². The molecule has 1 aromatic heterocycles. The van der Waals surface area contributed by atoms with Crippen molar-refractivity contribution in [1.82, 2.24) is 15.1 Å². The van der Waals surface area contributed by atoms with E-state index in [2.05, 4.69) is 35.7 Å².